The van der Waals surface area contributed by atoms with E-state index in [0.717, 1.165) is 12.1 Å². The van der Waals surface area contributed by atoms with Gasteiger partial charge in [0.05, 0.1) is 24.0 Å². The van der Waals surface area contributed by atoms with Gasteiger partial charge in [-0.2, -0.15) is 18.3 Å². The maximum atomic E-state index is 13.4. The van der Waals surface area contributed by atoms with E-state index < -0.39 is 24.2 Å². The quantitative estimate of drug-likeness (QED) is 0.782. The lowest BCUT2D eigenvalue weighted by atomic mass is 9.93. The van der Waals surface area contributed by atoms with Gasteiger partial charge in [-0.3, -0.25) is 9.89 Å². The second kappa shape index (κ2) is 6.64. The molecule has 0 aliphatic heterocycles. The fourth-order valence-corrected chi connectivity index (χ4v) is 2.30. The first-order valence-electron chi connectivity index (χ1n) is 7.33. The fraction of sp³-hybridized carbons (Fsp3) is 0.375. The summed E-state index contributed by atoms with van der Waals surface area (Å²) in [6.45, 7) is 2.64. The number of nitrogens with one attached hydrogen (secondary N) is 2. The van der Waals surface area contributed by atoms with Crippen molar-refractivity contribution in [2.75, 3.05) is 6.54 Å². The first kappa shape index (κ1) is 18.0. The van der Waals surface area contributed by atoms with E-state index in [1.165, 1.54) is 18.3 Å². The summed E-state index contributed by atoms with van der Waals surface area (Å²) in [7, 11) is 0. The van der Waals surface area contributed by atoms with Gasteiger partial charge in [-0.25, -0.2) is 0 Å². The Labute approximate surface area is 136 Å². The summed E-state index contributed by atoms with van der Waals surface area (Å²) in [6.07, 6.45) is -3.70. The molecule has 0 aliphatic rings. The van der Waals surface area contributed by atoms with Crippen molar-refractivity contribution < 1.29 is 23.1 Å². The topological polar surface area (TPSA) is 78.0 Å². The summed E-state index contributed by atoms with van der Waals surface area (Å²) >= 11 is 0. The van der Waals surface area contributed by atoms with E-state index in [4.69, 9.17) is 0 Å². The lowest BCUT2D eigenvalue weighted by molar-refractivity contribution is -0.263. The standard InChI is InChI=1S/C16H18F3N3O2/c1-10(2)13-12(8-21-22-13)14(23)20-9-15(24,16(17,18)19)11-6-4-3-5-7-11/h3-8,10,24H,9H2,1-2H3,(H,20,23)(H,21,22)/t15-/m1/s1. The summed E-state index contributed by atoms with van der Waals surface area (Å²) in [5, 5.41) is 18.7. The Morgan fingerprint density at radius 1 is 1.29 bits per heavy atom. The summed E-state index contributed by atoms with van der Waals surface area (Å²) in [5.41, 5.74) is -2.84. The highest BCUT2D eigenvalue weighted by atomic mass is 19.4. The van der Waals surface area contributed by atoms with Crippen LogP contribution in [0.15, 0.2) is 36.5 Å². The number of H-pyrrole nitrogens is 1. The van der Waals surface area contributed by atoms with E-state index >= 15 is 0 Å². The van der Waals surface area contributed by atoms with Crippen LogP contribution in [-0.2, 0) is 5.60 Å². The van der Waals surface area contributed by atoms with Gasteiger partial charge in [-0.15, -0.1) is 0 Å². The van der Waals surface area contributed by atoms with Crippen LogP contribution in [0.3, 0.4) is 0 Å². The molecule has 0 spiro atoms. The Kier molecular flexibility index (Phi) is 4.98. The number of halogens is 3. The number of aromatic amines is 1. The molecule has 1 aromatic heterocycles. The largest absolute Gasteiger partial charge is 0.423 e. The monoisotopic (exact) mass is 341 g/mol. The average Bonchev–Trinajstić information content (AvgIpc) is 3.02. The minimum Gasteiger partial charge on any atom is -0.375 e. The lowest BCUT2D eigenvalue weighted by Crippen LogP contribution is -2.51. The molecular weight excluding hydrogens is 323 g/mol. The molecule has 0 unspecified atom stereocenters. The highest BCUT2D eigenvalue weighted by Gasteiger charge is 2.55. The van der Waals surface area contributed by atoms with Gasteiger partial charge in [-0.05, 0) is 11.5 Å². The molecule has 0 radical (unpaired) electrons. The van der Waals surface area contributed by atoms with Crippen LogP contribution < -0.4 is 5.32 Å². The number of hydrogen-bond donors (Lipinski definition) is 3. The summed E-state index contributed by atoms with van der Waals surface area (Å²) in [6, 6.07) is 6.65. The van der Waals surface area contributed by atoms with Gasteiger partial charge in [0.25, 0.3) is 5.91 Å². The van der Waals surface area contributed by atoms with Crippen LogP contribution in [0.4, 0.5) is 13.2 Å². The molecule has 2 aromatic rings. The molecule has 0 saturated heterocycles. The smallest absolute Gasteiger partial charge is 0.375 e. The highest BCUT2D eigenvalue weighted by molar-refractivity contribution is 5.95. The van der Waals surface area contributed by atoms with Crippen molar-refractivity contribution in [1.82, 2.24) is 15.5 Å². The molecule has 5 nitrogen and oxygen atoms in total. The Morgan fingerprint density at radius 3 is 2.46 bits per heavy atom. The number of rotatable bonds is 5. The van der Waals surface area contributed by atoms with E-state index in [2.05, 4.69) is 15.5 Å². The predicted molar refractivity (Wildman–Crippen MR) is 81.4 cm³/mol. The highest BCUT2D eigenvalue weighted by Crippen LogP contribution is 2.38. The number of aromatic nitrogens is 2. The summed E-state index contributed by atoms with van der Waals surface area (Å²) < 4.78 is 40.1. The minimum absolute atomic E-state index is 0.0520. The predicted octanol–water partition coefficient (Wildman–Crippen LogP) is 2.71. The van der Waals surface area contributed by atoms with Crippen molar-refractivity contribution >= 4 is 5.91 Å². The molecule has 0 saturated carbocycles. The Balaban J connectivity index is 2.23. The van der Waals surface area contributed by atoms with Crippen LogP contribution in [0.1, 0.15) is 41.4 Å². The van der Waals surface area contributed by atoms with Crippen LogP contribution in [0.5, 0.6) is 0 Å². The Hall–Kier alpha value is -2.35. The second-order valence-electron chi connectivity index (χ2n) is 5.76. The van der Waals surface area contributed by atoms with Gasteiger partial charge in [0.2, 0.25) is 5.60 Å². The van der Waals surface area contributed by atoms with Crippen LogP contribution >= 0.6 is 0 Å². The third-order valence-corrected chi connectivity index (χ3v) is 3.72. The number of amides is 1. The number of carbonyl (C=O) groups is 1. The molecule has 3 N–H and O–H groups in total. The van der Waals surface area contributed by atoms with Crippen LogP contribution in [0.25, 0.3) is 0 Å². The SMILES string of the molecule is CC(C)c1[nH]ncc1C(=O)NC[C@@](O)(c1ccccc1)C(F)(F)F. The average molecular weight is 341 g/mol. The number of nitrogens with zero attached hydrogens (tertiary/aromatic N) is 1. The molecule has 8 heteroatoms. The summed E-state index contributed by atoms with van der Waals surface area (Å²) in [5.74, 6) is -0.782. The third-order valence-electron chi connectivity index (χ3n) is 3.72. The zero-order valence-electron chi connectivity index (χ0n) is 13.2. The van der Waals surface area contributed by atoms with Crippen molar-refractivity contribution in [3.63, 3.8) is 0 Å². The van der Waals surface area contributed by atoms with E-state index in [1.807, 2.05) is 13.8 Å². The fourth-order valence-electron chi connectivity index (χ4n) is 2.30. The molecular formula is C16H18F3N3O2. The van der Waals surface area contributed by atoms with E-state index in [0.29, 0.717) is 5.69 Å². The molecule has 1 aromatic carbocycles. The van der Waals surface area contributed by atoms with Crippen LogP contribution in [-0.4, -0.2) is 33.9 Å². The van der Waals surface area contributed by atoms with Crippen molar-refractivity contribution in [2.45, 2.75) is 31.5 Å². The van der Waals surface area contributed by atoms with E-state index in [9.17, 15) is 23.1 Å². The third kappa shape index (κ3) is 3.43. The lowest BCUT2D eigenvalue weighted by Gasteiger charge is -2.31. The number of aliphatic hydroxyl groups is 1. The zero-order valence-corrected chi connectivity index (χ0v) is 13.2. The molecule has 0 fully saturated rings. The number of benzene rings is 1. The molecule has 24 heavy (non-hydrogen) atoms. The first-order valence-corrected chi connectivity index (χ1v) is 7.33. The molecule has 1 amide bonds. The second-order valence-corrected chi connectivity index (χ2v) is 5.76. The maximum absolute atomic E-state index is 13.4. The molecule has 2 rings (SSSR count). The number of hydrogen-bond acceptors (Lipinski definition) is 3. The summed E-state index contributed by atoms with van der Waals surface area (Å²) in [4.78, 5) is 12.2. The van der Waals surface area contributed by atoms with Gasteiger partial charge in [0, 0.05) is 0 Å². The van der Waals surface area contributed by atoms with Gasteiger partial charge < -0.3 is 10.4 Å². The number of alkyl halides is 3. The van der Waals surface area contributed by atoms with Crippen molar-refractivity contribution in [2.24, 2.45) is 0 Å². The van der Waals surface area contributed by atoms with Gasteiger partial charge in [-0.1, -0.05) is 44.2 Å². The molecule has 130 valence electrons. The molecule has 0 bridgehead atoms. The van der Waals surface area contributed by atoms with Crippen molar-refractivity contribution in [1.29, 1.82) is 0 Å². The maximum Gasteiger partial charge on any atom is 0.423 e. The van der Waals surface area contributed by atoms with Gasteiger partial charge >= 0.3 is 6.18 Å². The van der Waals surface area contributed by atoms with Crippen molar-refractivity contribution in [3.05, 3.63) is 53.3 Å². The minimum atomic E-state index is -4.95. The zero-order chi connectivity index (χ0) is 18.0. The van der Waals surface area contributed by atoms with Crippen LogP contribution in [0.2, 0.25) is 0 Å². The normalized spacial score (nSPS) is 14.5. The first-order chi connectivity index (χ1) is 11.2. The Bertz CT molecular complexity index is 698. The molecule has 1 atom stereocenters. The van der Waals surface area contributed by atoms with Crippen molar-refractivity contribution in [3.8, 4) is 0 Å². The van der Waals surface area contributed by atoms with E-state index in [1.54, 1.807) is 6.07 Å². The number of carbonyl (C=O) groups excluding carboxylic acids is 1. The van der Waals surface area contributed by atoms with Gasteiger partial charge in [0.1, 0.15) is 0 Å². The van der Waals surface area contributed by atoms with E-state index in [-0.39, 0.29) is 17.0 Å². The molecule has 1 heterocycles. The molecule has 0 aliphatic carbocycles. The Morgan fingerprint density at radius 2 is 1.92 bits per heavy atom. The van der Waals surface area contributed by atoms with Gasteiger partial charge in [0.15, 0.2) is 0 Å². The van der Waals surface area contributed by atoms with Crippen LogP contribution in [0, 0.1) is 0 Å².